The molecule has 0 atom stereocenters. The zero-order valence-electron chi connectivity index (χ0n) is 16.6. The van der Waals surface area contributed by atoms with E-state index < -0.39 is 15.7 Å². The lowest BCUT2D eigenvalue weighted by Crippen LogP contribution is -1.97. The van der Waals surface area contributed by atoms with Crippen LogP contribution in [0.3, 0.4) is 0 Å². The van der Waals surface area contributed by atoms with Gasteiger partial charge in [0.2, 0.25) is 12.6 Å². The van der Waals surface area contributed by atoms with Gasteiger partial charge in [0.15, 0.2) is 32.8 Å². The molecule has 0 aliphatic carbocycles. The number of benzene rings is 3. The van der Waals surface area contributed by atoms with Crippen LogP contribution in [-0.2, 0) is 9.84 Å². The van der Waals surface area contributed by atoms with Gasteiger partial charge < -0.3 is 18.9 Å². The lowest BCUT2D eigenvalue weighted by Gasteiger charge is -2.15. The van der Waals surface area contributed by atoms with E-state index in [2.05, 4.69) is 0 Å². The Hall–Kier alpha value is -3.26. The molecule has 3 aromatic rings. The molecule has 3 aromatic carbocycles. The Labute approximate surface area is 173 Å². The molecular formula is C22H19FO6S. The molecule has 0 saturated heterocycles. The summed E-state index contributed by atoms with van der Waals surface area (Å²) in [5, 5.41) is 0. The first-order valence-corrected chi connectivity index (χ1v) is 10.9. The molecule has 8 heteroatoms. The Morgan fingerprint density at radius 2 is 1.33 bits per heavy atom. The lowest BCUT2D eigenvalue weighted by atomic mass is 9.93. The van der Waals surface area contributed by atoms with Gasteiger partial charge in [-0.1, -0.05) is 12.1 Å². The highest BCUT2D eigenvalue weighted by atomic mass is 32.2. The summed E-state index contributed by atoms with van der Waals surface area (Å²) in [6.07, 6.45) is 1.16. The van der Waals surface area contributed by atoms with Crippen LogP contribution in [0, 0.1) is 5.82 Å². The highest BCUT2D eigenvalue weighted by molar-refractivity contribution is 7.90. The maximum Gasteiger partial charge on any atom is 0.231 e. The zero-order chi connectivity index (χ0) is 21.5. The Morgan fingerprint density at radius 3 is 1.80 bits per heavy atom. The van der Waals surface area contributed by atoms with Crippen molar-refractivity contribution in [1.29, 1.82) is 0 Å². The van der Waals surface area contributed by atoms with E-state index in [9.17, 15) is 12.8 Å². The van der Waals surface area contributed by atoms with Gasteiger partial charge in [-0.25, -0.2) is 8.42 Å². The summed E-state index contributed by atoms with van der Waals surface area (Å²) >= 11 is 0. The molecule has 1 heterocycles. The summed E-state index contributed by atoms with van der Waals surface area (Å²) < 4.78 is 59.4. The first kappa shape index (κ1) is 20.0. The van der Waals surface area contributed by atoms with E-state index in [4.69, 9.17) is 18.9 Å². The minimum Gasteiger partial charge on any atom is -0.494 e. The molecule has 0 unspecified atom stereocenters. The molecule has 1 aliphatic heterocycles. The minimum atomic E-state index is -3.32. The fourth-order valence-electron chi connectivity index (χ4n) is 3.33. The van der Waals surface area contributed by atoms with Crippen LogP contribution in [0.4, 0.5) is 4.39 Å². The number of ether oxygens (including phenoxy) is 4. The third-order valence-corrected chi connectivity index (χ3v) is 5.99. The van der Waals surface area contributed by atoms with Crippen LogP contribution in [0.25, 0.3) is 22.3 Å². The average Bonchev–Trinajstić information content (AvgIpc) is 3.20. The number of methoxy groups -OCH3 is 2. The number of hydrogen-bond donors (Lipinski definition) is 0. The van der Waals surface area contributed by atoms with Crippen LogP contribution in [0.5, 0.6) is 23.0 Å². The van der Waals surface area contributed by atoms with Crippen LogP contribution < -0.4 is 18.9 Å². The number of sulfone groups is 1. The molecule has 0 spiro atoms. The SMILES string of the molecule is COc1cc(-c2cc3c(cc2-c2ccc(S(C)(=O)=O)cc2)OCO3)cc(OC)c1F. The molecule has 156 valence electrons. The first-order valence-electron chi connectivity index (χ1n) is 8.98. The fourth-order valence-corrected chi connectivity index (χ4v) is 3.96. The van der Waals surface area contributed by atoms with Crippen molar-refractivity contribution < 1.29 is 31.8 Å². The second-order valence-corrected chi connectivity index (χ2v) is 8.76. The molecule has 0 radical (unpaired) electrons. The van der Waals surface area contributed by atoms with Gasteiger partial charge in [-0.15, -0.1) is 0 Å². The zero-order valence-corrected chi connectivity index (χ0v) is 17.4. The number of hydrogen-bond acceptors (Lipinski definition) is 6. The minimum absolute atomic E-state index is 0.0420. The topological polar surface area (TPSA) is 71.1 Å². The molecule has 0 bridgehead atoms. The van der Waals surface area contributed by atoms with Crippen LogP contribution in [-0.4, -0.2) is 35.7 Å². The Kier molecular flexibility index (Phi) is 5.03. The van der Waals surface area contributed by atoms with Crippen LogP contribution in [0.15, 0.2) is 53.4 Å². The van der Waals surface area contributed by atoms with Gasteiger partial charge in [0.05, 0.1) is 19.1 Å². The van der Waals surface area contributed by atoms with Crippen LogP contribution >= 0.6 is 0 Å². The Balaban J connectivity index is 1.93. The normalized spacial score (nSPS) is 12.7. The standard InChI is InChI=1S/C22H19FO6S/c1-26-20-8-14(9-21(27-2)22(20)23)17-11-19-18(28-12-29-19)10-16(17)13-4-6-15(7-5-13)30(3,24)25/h4-11H,12H2,1-3H3. The molecule has 0 amide bonds. The van der Waals surface area contributed by atoms with E-state index in [1.54, 1.807) is 42.5 Å². The molecule has 0 saturated carbocycles. The molecular weight excluding hydrogens is 411 g/mol. The van der Waals surface area contributed by atoms with Gasteiger partial charge in [-0.3, -0.25) is 0 Å². The molecule has 4 rings (SSSR count). The second-order valence-electron chi connectivity index (χ2n) is 6.74. The van der Waals surface area contributed by atoms with Crippen LogP contribution in [0.2, 0.25) is 0 Å². The van der Waals surface area contributed by atoms with Crippen molar-refractivity contribution in [1.82, 2.24) is 0 Å². The fraction of sp³-hybridized carbons (Fsp3) is 0.182. The molecule has 0 fully saturated rings. The average molecular weight is 430 g/mol. The molecule has 0 aromatic heterocycles. The summed E-state index contributed by atoms with van der Waals surface area (Å²) in [5.74, 6) is 0.620. The van der Waals surface area contributed by atoms with Crippen LogP contribution in [0.1, 0.15) is 0 Å². The van der Waals surface area contributed by atoms with E-state index >= 15 is 0 Å². The van der Waals surface area contributed by atoms with Crippen molar-refractivity contribution >= 4 is 9.84 Å². The summed E-state index contributed by atoms with van der Waals surface area (Å²) in [6.45, 7) is 0.0985. The third kappa shape index (κ3) is 3.54. The van der Waals surface area contributed by atoms with Crippen molar-refractivity contribution in [2.75, 3.05) is 27.3 Å². The predicted octanol–water partition coefficient (Wildman–Crippen LogP) is 4.31. The summed E-state index contributed by atoms with van der Waals surface area (Å²) in [7, 11) is -0.554. The van der Waals surface area contributed by atoms with E-state index in [1.165, 1.54) is 14.2 Å². The second kappa shape index (κ2) is 7.53. The Morgan fingerprint density at radius 1 is 0.833 bits per heavy atom. The van der Waals surface area contributed by atoms with Crippen molar-refractivity contribution in [3.05, 3.63) is 54.3 Å². The number of rotatable bonds is 5. The maximum absolute atomic E-state index is 14.4. The van der Waals surface area contributed by atoms with E-state index in [-0.39, 0.29) is 23.2 Å². The number of halogens is 1. The van der Waals surface area contributed by atoms with Gasteiger partial charge in [0.25, 0.3) is 0 Å². The smallest absolute Gasteiger partial charge is 0.231 e. The quantitative estimate of drug-likeness (QED) is 0.601. The summed E-state index contributed by atoms with van der Waals surface area (Å²) in [4.78, 5) is 0.221. The van der Waals surface area contributed by atoms with Gasteiger partial charge in [-0.05, 0) is 58.7 Å². The van der Waals surface area contributed by atoms with Gasteiger partial charge in [0.1, 0.15) is 0 Å². The summed E-state index contributed by atoms with van der Waals surface area (Å²) in [5.41, 5.74) is 2.89. The van der Waals surface area contributed by atoms with Crippen molar-refractivity contribution in [2.24, 2.45) is 0 Å². The van der Waals surface area contributed by atoms with E-state index in [0.717, 1.165) is 22.9 Å². The third-order valence-electron chi connectivity index (χ3n) is 4.86. The highest BCUT2D eigenvalue weighted by Gasteiger charge is 2.22. The summed E-state index contributed by atoms with van der Waals surface area (Å²) in [6, 6.07) is 13.3. The molecule has 6 nitrogen and oxygen atoms in total. The van der Waals surface area contributed by atoms with Crippen molar-refractivity contribution in [2.45, 2.75) is 4.90 Å². The Bertz CT molecular complexity index is 1190. The first-order chi connectivity index (χ1) is 14.3. The maximum atomic E-state index is 14.4. The number of fused-ring (bicyclic) bond motifs is 1. The van der Waals surface area contributed by atoms with Gasteiger partial charge in [0, 0.05) is 6.26 Å². The van der Waals surface area contributed by atoms with Crippen molar-refractivity contribution in [3.63, 3.8) is 0 Å². The highest BCUT2D eigenvalue weighted by Crippen LogP contribution is 2.45. The monoisotopic (exact) mass is 430 g/mol. The largest absolute Gasteiger partial charge is 0.494 e. The van der Waals surface area contributed by atoms with Crippen molar-refractivity contribution in [3.8, 4) is 45.3 Å². The lowest BCUT2D eigenvalue weighted by molar-refractivity contribution is 0.174. The van der Waals surface area contributed by atoms with E-state index in [0.29, 0.717) is 17.1 Å². The molecule has 0 N–H and O–H groups in total. The van der Waals surface area contributed by atoms with E-state index in [1.807, 2.05) is 6.07 Å². The van der Waals surface area contributed by atoms with Gasteiger partial charge in [-0.2, -0.15) is 4.39 Å². The molecule has 30 heavy (non-hydrogen) atoms. The molecule has 1 aliphatic rings. The predicted molar refractivity (Wildman–Crippen MR) is 110 cm³/mol. The van der Waals surface area contributed by atoms with Gasteiger partial charge >= 0.3 is 0 Å².